The quantitative estimate of drug-likeness (QED) is 0.531. The Bertz CT molecular complexity index is 1110. The molecule has 5 heteroatoms. The molecular weight excluding hydrogens is 288 g/mol. The first-order valence-electron chi connectivity index (χ1n) is 6.88. The number of nitrogens with two attached hydrogens (primary N) is 1. The van der Waals surface area contributed by atoms with Crippen molar-refractivity contribution in [2.24, 2.45) is 5.73 Å². The molecule has 1 aromatic heterocycles. The Kier molecular flexibility index (Phi) is 3.33. The van der Waals surface area contributed by atoms with E-state index in [1.165, 1.54) is 0 Å². The fourth-order valence-corrected chi connectivity index (χ4v) is 2.70. The number of fused-ring (bicyclic) bond motifs is 3. The van der Waals surface area contributed by atoms with E-state index in [2.05, 4.69) is 0 Å². The van der Waals surface area contributed by atoms with Gasteiger partial charge in [-0.3, -0.25) is 5.41 Å². The average molecular weight is 300 g/mol. The summed E-state index contributed by atoms with van der Waals surface area (Å²) in [6.45, 7) is 1.80. The zero-order valence-corrected chi connectivity index (χ0v) is 12.3. The van der Waals surface area contributed by atoms with Gasteiger partial charge in [-0.1, -0.05) is 36.4 Å². The standard InChI is InChI=1S/C18H12N4O/c1-10-13-7-6-11-4-2-3-5-14(11)17(13)23-18(22)15(10)16(21)12(8-19)9-20/h2-7,22H,21H2,1H3. The second kappa shape index (κ2) is 5.32. The molecule has 0 radical (unpaired) electrons. The largest absolute Gasteiger partial charge is 0.438 e. The number of benzene rings is 2. The Labute approximate surface area is 132 Å². The van der Waals surface area contributed by atoms with Crippen LogP contribution in [0.2, 0.25) is 0 Å². The summed E-state index contributed by atoms with van der Waals surface area (Å²) >= 11 is 0. The maximum Gasteiger partial charge on any atom is 0.221 e. The normalized spacial score (nSPS) is 10.2. The molecule has 0 fully saturated rings. The summed E-state index contributed by atoms with van der Waals surface area (Å²) in [5.74, 6) is 0. The van der Waals surface area contributed by atoms with Crippen molar-refractivity contribution in [1.82, 2.24) is 0 Å². The van der Waals surface area contributed by atoms with E-state index in [-0.39, 0.29) is 22.4 Å². The Morgan fingerprint density at radius 1 is 1.09 bits per heavy atom. The first kappa shape index (κ1) is 14.4. The van der Waals surface area contributed by atoms with Gasteiger partial charge in [0, 0.05) is 10.8 Å². The lowest BCUT2D eigenvalue weighted by Crippen LogP contribution is -2.15. The van der Waals surface area contributed by atoms with Crippen LogP contribution in [-0.2, 0) is 0 Å². The molecule has 0 amide bonds. The fourth-order valence-electron chi connectivity index (χ4n) is 2.70. The first-order valence-corrected chi connectivity index (χ1v) is 6.88. The van der Waals surface area contributed by atoms with Crippen molar-refractivity contribution in [2.75, 3.05) is 0 Å². The number of hydrogen-bond acceptors (Lipinski definition) is 5. The second-order valence-corrected chi connectivity index (χ2v) is 5.11. The van der Waals surface area contributed by atoms with Crippen LogP contribution in [0, 0.1) is 35.0 Å². The summed E-state index contributed by atoms with van der Waals surface area (Å²) < 4.78 is 5.68. The SMILES string of the molecule is Cc1c(C(N)=C(C#N)C#N)c(=N)oc2c1ccc1ccccc12. The van der Waals surface area contributed by atoms with Crippen LogP contribution in [0.3, 0.4) is 0 Å². The smallest absolute Gasteiger partial charge is 0.221 e. The molecule has 0 spiro atoms. The van der Waals surface area contributed by atoms with Gasteiger partial charge in [0.05, 0.1) is 11.3 Å². The molecule has 5 nitrogen and oxygen atoms in total. The molecular formula is C18H12N4O. The molecule has 2 aromatic carbocycles. The minimum absolute atomic E-state index is 0.0312. The zero-order valence-electron chi connectivity index (χ0n) is 12.3. The Morgan fingerprint density at radius 3 is 2.48 bits per heavy atom. The summed E-state index contributed by atoms with van der Waals surface area (Å²) in [7, 11) is 0. The third kappa shape index (κ3) is 2.12. The van der Waals surface area contributed by atoms with Crippen LogP contribution < -0.4 is 11.3 Å². The zero-order chi connectivity index (χ0) is 16.6. The van der Waals surface area contributed by atoms with Crippen LogP contribution in [0.5, 0.6) is 0 Å². The molecule has 23 heavy (non-hydrogen) atoms. The van der Waals surface area contributed by atoms with Crippen molar-refractivity contribution in [3.8, 4) is 12.1 Å². The van der Waals surface area contributed by atoms with Crippen LogP contribution in [0.1, 0.15) is 11.1 Å². The van der Waals surface area contributed by atoms with Crippen molar-refractivity contribution in [3.05, 3.63) is 58.7 Å². The topological polar surface area (TPSA) is 111 Å². The Balaban J connectivity index is 2.48. The Morgan fingerprint density at radius 2 is 1.78 bits per heavy atom. The molecule has 0 unspecified atom stereocenters. The van der Waals surface area contributed by atoms with E-state index in [0.717, 1.165) is 16.2 Å². The predicted octanol–water partition coefficient (Wildman–Crippen LogP) is 3.09. The first-order chi connectivity index (χ1) is 11.1. The van der Waals surface area contributed by atoms with Gasteiger partial charge in [0.2, 0.25) is 5.55 Å². The van der Waals surface area contributed by atoms with Gasteiger partial charge in [0.25, 0.3) is 0 Å². The van der Waals surface area contributed by atoms with Gasteiger partial charge in [-0.2, -0.15) is 10.5 Å². The van der Waals surface area contributed by atoms with E-state index in [0.29, 0.717) is 11.1 Å². The van der Waals surface area contributed by atoms with Gasteiger partial charge in [-0.15, -0.1) is 0 Å². The molecule has 110 valence electrons. The lowest BCUT2D eigenvalue weighted by molar-refractivity contribution is 0.532. The van der Waals surface area contributed by atoms with Crippen LogP contribution in [0.15, 0.2) is 46.4 Å². The van der Waals surface area contributed by atoms with Gasteiger partial charge < -0.3 is 10.2 Å². The van der Waals surface area contributed by atoms with Crippen LogP contribution in [0.4, 0.5) is 0 Å². The van der Waals surface area contributed by atoms with Crippen molar-refractivity contribution in [2.45, 2.75) is 6.92 Å². The molecule has 1 heterocycles. The lowest BCUT2D eigenvalue weighted by atomic mass is 9.99. The second-order valence-electron chi connectivity index (χ2n) is 5.11. The highest BCUT2D eigenvalue weighted by Crippen LogP contribution is 2.29. The number of nitriles is 2. The van der Waals surface area contributed by atoms with E-state index in [9.17, 15) is 0 Å². The van der Waals surface area contributed by atoms with Crippen molar-refractivity contribution in [1.29, 1.82) is 15.9 Å². The molecule has 3 aromatic rings. The predicted molar refractivity (Wildman–Crippen MR) is 86.6 cm³/mol. The number of allylic oxidation sites excluding steroid dienone is 1. The molecule has 3 rings (SSSR count). The number of aryl methyl sites for hydroxylation is 1. The minimum Gasteiger partial charge on any atom is -0.438 e. The Hall–Kier alpha value is -3.57. The van der Waals surface area contributed by atoms with Crippen LogP contribution >= 0.6 is 0 Å². The molecule has 0 saturated carbocycles. The minimum atomic E-state index is -0.225. The molecule has 3 N–H and O–H groups in total. The summed E-state index contributed by atoms with van der Waals surface area (Å²) in [6.07, 6.45) is 0. The van der Waals surface area contributed by atoms with E-state index < -0.39 is 0 Å². The number of nitrogens with one attached hydrogen (secondary N) is 1. The van der Waals surface area contributed by atoms with Gasteiger partial charge >= 0.3 is 0 Å². The van der Waals surface area contributed by atoms with Crippen LogP contribution in [0.25, 0.3) is 27.4 Å². The maximum absolute atomic E-state index is 8.99. The van der Waals surface area contributed by atoms with E-state index >= 15 is 0 Å². The van der Waals surface area contributed by atoms with Gasteiger partial charge in [-0.05, 0) is 17.9 Å². The van der Waals surface area contributed by atoms with Gasteiger partial charge in [0.15, 0.2) is 5.57 Å². The highest BCUT2D eigenvalue weighted by molar-refractivity contribution is 6.05. The summed E-state index contributed by atoms with van der Waals surface area (Å²) in [4.78, 5) is 0. The molecule has 0 saturated heterocycles. The van der Waals surface area contributed by atoms with E-state index in [1.807, 2.05) is 36.4 Å². The molecule has 0 aliphatic carbocycles. The van der Waals surface area contributed by atoms with Gasteiger partial charge in [-0.25, -0.2) is 0 Å². The van der Waals surface area contributed by atoms with Gasteiger partial charge in [0.1, 0.15) is 17.7 Å². The van der Waals surface area contributed by atoms with Crippen molar-refractivity contribution >= 4 is 27.4 Å². The summed E-state index contributed by atoms with van der Waals surface area (Å²) in [5, 5.41) is 28.8. The number of nitrogens with zero attached hydrogens (tertiary/aromatic N) is 2. The van der Waals surface area contributed by atoms with Crippen molar-refractivity contribution < 1.29 is 4.42 Å². The summed E-state index contributed by atoms with van der Waals surface area (Å²) in [5.41, 5.74) is 7.09. The summed E-state index contributed by atoms with van der Waals surface area (Å²) in [6, 6.07) is 15.1. The van der Waals surface area contributed by atoms with E-state index in [4.69, 9.17) is 26.1 Å². The molecule has 0 bridgehead atoms. The maximum atomic E-state index is 8.99. The van der Waals surface area contributed by atoms with E-state index in [1.54, 1.807) is 19.1 Å². The highest BCUT2D eigenvalue weighted by atomic mass is 16.3. The van der Waals surface area contributed by atoms with Crippen LogP contribution in [-0.4, -0.2) is 0 Å². The average Bonchev–Trinajstić information content (AvgIpc) is 2.56. The molecule has 0 atom stereocenters. The monoisotopic (exact) mass is 300 g/mol. The highest BCUT2D eigenvalue weighted by Gasteiger charge is 2.16. The third-order valence-electron chi connectivity index (χ3n) is 3.85. The molecule has 0 aliphatic heterocycles. The number of hydrogen-bond donors (Lipinski definition) is 2. The van der Waals surface area contributed by atoms with Crippen molar-refractivity contribution in [3.63, 3.8) is 0 Å². The fraction of sp³-hybridized carbons (Fsp3) is 0.0556. The third-order valence-corrected chi connectivity index (χ3v) is 3.85. The lowest BCUT2D eigenvalue weighted by Gasteiger charge is -2.11. The number of rotatable bonds is 1. The molecule has 0 aliphatic rings.